The van der Waals surface area contributed by atoms with E-state index in [1.807, 2.05) is 12.1 Å². The summed E-state index contributed by atoms with van der Waals surface area (Å²) in [6.45, 7) is 2.69. The number of halogens is 3. The van der Waals surface area contributed by atoms with Gasteiger partial charge in [0.25, 0.3) is 0 Å². The van der Waals surface area contributed by atoms with Crippen molar-refractivity contribution in [3.63, 3.8) is 0 Å². The minimum absolute atomic E-state index is 0.517. The van der Waals surface area contributed by atoms with Crippen LogP contribution in [-0.4, -0.2) is 29.6 Å². The first kappa shape index (κ1) is 18.8. The predicted octanol–water partition coefficient (Wildman–Crippen LogP) is 5.86. The molecule has 0 saturated carbocycles. The molecular formula is C20H20Cl3NO. The van der Waals surface area contributed by atoms with E-state index in [0.717, 1.165) is 36.6 Å². The summed E-state index contributed by atoms with van der Waals surface area (Å²) < 4.78 is 0. The Balaban J connectivity index is 1.54. The van der Waals surface area contributed by atoms with E-state index in [-0.39, 0.29) is 0 Å². The lowest BCUT2D eigenvalue weighted by molar-refractivity contribution is 0.145. The lowest BCUT2D eigenvalue weighted by atomic mass is 9.99. The van der Waals surface area contributed by atoms with Gasteiger partial charge in [0, 0.05) is 34.7 Å². The Labute approximate surface area is 163 Å². The van der Waals surface area contributed by atoms with Gasteiger partial charge in [0.2, 0.25) is 0 Å². The van der Waals surface area contributed by atoms with Gasteiger partial charge in [-0.25, -0.2) is 0 Å². The van der Waals surface area contributed by atoms with Crippen LogP contribution in [-0.2, 0) is 0 Å². The number of nitrogens with zero attached hydrogens (tertiary/aromatic N) is 1. The Hall–Kier alpha value is -1.03. The van der Waals surface area contributed by atoms with Gasteiger partial charge in [-0.2, -0.15) is 0 Å². The molecule has 0 saturated heterocycles. The van der Waals surface area contributed by atoms with Gasteiger partial charge in [0.15, 0.2) is 0 Å². The first-order valence-corrected chi connectivity index (χ1v) is 9.46. The second kappa shape index (κ2) is 8.57. The lowest BCUT2D eigenvalue weighted by Crippen LogP contribution is -2.30. The van der Waals surface area contributed by atoms with Gasteiger partial charge in [-0.3, -0.25) is 4.90 Å². The van der Waals surface area contributed by atoms with Gasteiger partial charge in [-0.05, 0) is 53.8 Å². The van der Waals surface area contributed by atoms with Gasteiger partial charge in [0.05, 0.1) is 6.10 Å². The highest BCUT2D eigenvalue weighted by Gasteiger charge is 2.16. The van der Waals surface area contributed by atoms with Crippen LogP contribution in [0.5, 0.6) is 0 Å². The van der Waals surface area contributed by atoms with E-state index in [0.29, 0.717) is 16.5 Å². The highest BCUT2D eigenvalue weighted by molar-refractivity contribution is 6.35. The average Bonchev–Trinajstić information content (AvgIpc) is 2.61. The van der Waals surface area contributed by atoms with Crippen molar-refractivity contribution in [1.82, 2.24) is 4.90 Å². The van der Waals surface area contributed by atoms with Crippen LogP contribution >= 0.6 is 34.8 Å². The molecule has 1 atom stereocenters. The molecule has 0 aromatic heterocycles. The van der Waals surface area contributed by atoms with Crippen molar-refractivity contribution in [1.29, 1.82) is 0 Å². The Morgan fingerprint density at radius 1 is 1.00 bits per heavy atom. The molecule has 1 aliphatic heterocycles. The number of aliphatic hydroxyl groups excluding tert-OH is 1. The second-order valence-corrected chi connectivity index (χ2v) is 7.54. The molecule has 2 nitrogen and oxygen atoms in total. The third-order valence-corrected chi connectivity index (χ3v) is 5.36. The predicted molar refractivity (Wildman–Crippen MR) is 107 cm³/mol. The van der Waals surface area contributed by atoms with Crippen molar-refractivity contribution < 1.29 is 5.11 Å². The van der Waals surface area contributed by atoms with Gasteiger partial charge in [0.1, 0.15) is 0 Å². The largest absolute Gasteiger partial charge is 0.388 e. The van der Waals surface area contributed by atoms with E-state index in [2.05, 4.69) is 23.1 Å². The highest BCUT2D eigenvalue weighted by atomic mass is 35.5. The Morgan fingerprint density at radius 3 is 2.36 bits per heavy atom. The van der Waals surface area contributed by atoms with E-state index in [9.17, 15) is 5.11 Å². The van der Waals surface area contributed by atoms with Crippen LogP contribution in [0, 0.1) is 0 Å². The van der Waals surface area contributed by atoms with Crippen molar-refractivity contribution in [2.75, 3.05) is 19.6 Å². The number of hydrogen-bond donors (Lipinski definition) is 1. The van der Waals surface area contributed by atoms with Crippen LogP contribution in [0.3, 0.4) is 0 Å². The Kier molecular flexibility index (Phi) is 6.43. The summed E-state index contributed by atoms with van der Waals surface area (Å²) in [5.41, 5.74) is 3.33. The molecule has 0 spiro atoms. The van der Waals surface area contributed by atoms with E-state index >= 15 is 0 Å². The minimum atomic E-state index is -0.577. The third kappa shape index (κ3) is 4.99. The van der Waals surface area contributed by atoms with Crippen molar-refractivity contribution in [2.45, 2.75) is 18.9 Å². The van der Waals surface area contributed by atoms with Crippen LogP contribution in [0.1, 0.15) is 30.1 Å². The normalized spacial score (nSPS) is 16.6. The smallest absolute Gasteiger partial charge is 0.0816 e. The molecule has 1 unspecified atom stereocenters. The molecule has 0 fully saturated rings. The van der Waals surface area contributed by atoms with Crippen molar-refractivity contribution >= 4 is 40.4 Å². The van der Waals surface area contributed by atoms with E-state index in [1.54, 1.807) is 18.2 Å². The summed E-state index contributed by atoms with van der Waals surface area (Å²) in [5.74, 6) is 0. The molecule has 2 aromatic carbocycles. The molecule has 5 heteroatoms. The maximum Gasteiger partial charge on any atom is 0.0816 e. The van der Waals surface area contributed by atoms with E-state index in [4.69, 9.17) is 34.8 Å². The van der Waals surface area contributed by atoms with Crippen LogP contribution in [0.15, 0.2) is 48.5 Å². The van der Waals surface area contributed by atoms with Crippen molar-refractivity contribution in [2.24, 2.45) is 0 Å². The number of rotatable bonds is 5. The van der Waals surface area contributed by atoms with E-state index in [1.165, 1.54) is 11.1 Å². The fraction of sp³-hybridized carbons (Fsp3) is 0.300. The van der Waals surface area contributed by atoms with E-state index < -0.39 is 6.10 Å². The second-order valence-electron chi connectivity index (χ2n) is 6.26. The van der Waals surface area contributed by atoms with Gasteiger partial charge >= 0.3 is 0 Å². The average molecular weight is 397 g/mol. The molecule has 25 heavy (non-hydrogen) atoms. The first-order chi connectivity index (χ1) is 12.0. The summed E-state index contributed by atoms with van der Waals surface area (Å²) in [6.07, 6.45) is 3.32. The summed E-state index contributed by atoms with van der Waals surface area (Å²) >= 11 is 18.0. The topological polar surface area (TPSA) is 23.5 Å². The number of benzene rings is 2. The van der Waals surface area contributed by atoms with Crippen LogP contribution in [0.25, 0.3) is 5.57 Å². The van der Waals surface area contributed by atoms with Crippen molar-refractivity contribution in [3.8, 4) is 0 Å². The third-order valence-electron chi connectivity index (χ3n) is 4.55. The summed E-state index contributed by atoms with van der Waals surface area (Å²) in [4.78, 5) is 2.34. The Bertz CT molecular complexity index is 758. The summed E-state index contributed by atoms with van der Waals surface area (Å²) in [5, 5.41) is 12.3. The van der Waals surface area contributed by atoms with Crippen molar-refractivity contribution in [3.05, 3.63) is 74.7 Å². The number of aliphatic hydroxyl groups is 1. The van der Waals surface area contributed by atoms with Crippen LogP contribution in [0.2, 0.25) is 15.1 Å². The van der Waals surface area contributed by atoms with Gasteiger partial charge < -0.3 is 5.11 Å². The van der Waals surface area contributed by atoms with Gasteiger partial charge in [-0.1, -0.05) is 59.1 Å². The zero-order valence-corrected chi connectivity index (χ0v) is 16.0. The molecule has 2 aromatic rings. The maximum absolute atomic E-state index is 10.4. The standard InChI is InChI=1S/C20H20Cl3NO/c21-16-3-1-14(2-4-16)15-7-10-24(11-8-15)12-9-20(25)18-6-5-17(22)13-19(18)23/h1-7,13,20,25H,8-12H2. The summed E-state index contributed by atoms with van der Waals surface area (Å²) in [6, 6.07) is 13.2. The molecule has 0 amide bonds. The van der Waals surface area contributed by atoms with Crippen LogP contribution in [0.4, 0.5) is 0 Å². The minimum Gasteiger partial charge on any atom is -0.388 e. The molecule has 1 heterocycles. The molecular weight excluding hydrogens is 377 g/mol. The lowest BCUT2D eigenvalue weighted by Gasteiger charge is -2.27. The zero-order valence-electron chi connectivity index (χ0n) is 13.8. The SMILES string of the molecule is OC(CCN1CC=C(c2ccc(Cl)cc2)CC1)c1ccc(Cl)cc1Cl. The molecule has 0 bridgehead atoms. The molecule has 3 rings (SSSR count). The molecule has 0 radical (unpaired) electrons. The maximum atomic E-state index is 10.4. The highest BCUT2D eigenvalue weighted by Crippen LogP contribution is 2.29. The van der Waals surface area contributed by atoms with Gasteiger partial charge in [-0.15, -0.1) is 0 Å². The summed E-state index contributed by atoms with van der Waals surface area (Å²) in [7, 11) is 0. The monoisotopic (exact) mass is 395 g/mol. The Morgan fingerprint density at radius 2 is 1.72 bits per heavy atom. The fourth-order valence-electron chi connectivity index (χ4n) is 3.07. The zero-order chi connectivity index (χ0) is 17.8. The quantitative estimate of drug-likeness (QED) is 0.684. The first-order valence-electron chi connectivity index (χ1n) is 8.33. The molecule has 132 valence electrons. The fourth-order valence-corrected chi connectivity index (χ4v) is 3.73. The van der Waals surface area contributed by atoms with Crippen LogP contribution < -0.4 is 0 Å². The molecule has 0 aliphatic carbocycles. The number of hydrogen-bond acceptors (Lipinski definition) is 2. The molecule has 1 aliphatic rings. The molecule has 1 N–H and O–H groups in total.